The van der Waals surface area contributed by atoms with Crippen molar-refractivity contribution in [1.82, 2.24) is 9.78 Å². The first-order valence-electron chi connectivity index (χ1n) is 6.09. The summed E-state index contributed by atoms with van der Waals surface area (Å²) < 4.78 is 24.1. The summed E-state index contributed by atoms with van der Waals surface area (Å²) in [7, 11) is -3.21. The molecule has 108 valence electrons. The van der Waals surface area contributed by atoms with E-state index in [1.54, 1.807) is 18.5 Å². The molecule has 0 spiro atoms. The molecule has 6 nitrogen and oxygen atoms in total. The van der Waals surface area contributed by atoms with Crippen LogP contribution in [-0.4, -0.2) is 35.5 Å². The number of aliphatic carboxylic acids is 1. The first-order valence-corrected chi connectivity index (χ1v) is 7.98. The third-order valence-corrected chi connectivity index (χ3v) is 4.12. The first-order chi connectivity index (χ1) is 8.63. The van der Waals surface area contributed by atoms with Gasteiger partial charge in [-0.25, -0.2) is 8.42 Å². The zero-order valence-electron chi connectivity index (χ0n) is 11.5. The Hall–Kier alpha value is -1.37. The summed E-state index contributed by atoms with van der Waals surface area (Å²) in [4.78, 5) is 11.1. The maximum atomic E-state index is 11.3. The van der Waals surface area contributed by atoms with Gasteiger partial charge in [-0.15, -0.1) is 0 Å². The van der Waals surface area contributed by atoms with Crippen molar-refractivity contribution in [2.75, 3.05) is 6.26 Å². The van der Waals surface area contributed by atoms with Crippen molar-refractivity contribution in [3.63, 3.8) is 0 Å². The molecule has 0 radical (unpaired) electrons. The molecule has 0 amide bonds. The van der Waals surface area contributed by atoms with Crippen molar-refractivity contribution < 1.29 is 18.3 Å². The van der Waals surface area contributed by atoms with Gasteiger partial charge in [0.1, 0.15) is 4.90 Å². The van der Waals surface area contributed by atoms with Gasteiger partial charge in [0.2, 0.25) is 0 Å². The second-order valence-electron chi connectivity index (χ2n) is 5.36. The number of aromatic nitrogens is 2. The molecule has 0 aliphatic rings. The average molecular weight is 288 g/mol. The molecule has 0 aliphatic heterocycles. The van der Waals surface area contributed by atoms with Gasteiger partial charge >= 0.3 is 5.97 Å². The van der Waals surface area contributed by atoms with E-state index in [1.165, 1.54) is 12.4 Å². The van der Waals surface area contributed by atoms with Gasteiger partial charge in [0.15, 0.2) is 9.84 Å². The normalized spacial score (nSPS) is 12.6. The Kier molecular flexibility index (Phi) is 4.73. The molecule has 1 N–H and O–H groups in total. The van der Waals surface area contributed by atoms with Gasteiger partial charge < -0.3 is 5.11 Å². The monoisotopic (exact) mass is 288 g/mol. The highest BCUT2D eigenvalue weighted by Crippen LogP contribution is 2.23. The lowest BCUT2D eigenvalue weighted by Gasteiger charge is -2.18. The van der Waals surface area contributed by atoms with Crippen LogP contribution < -0.4 is 0 Å². The number of carboxylic acids is 1. The van der Waals surface area contributed by atoms with Crippen LogP contribution in [0.1, 0.15) is 33.1 Å². The van der Waals surface area contributed by atoms with Crippen molar-refractivity contribution in [3.05, 3.63) is 12.4 Å². The summed E-state index contributed by atoms with van der Waals surface area (Å²) in [6.45, 7) is 3.99. The molecule has 0 fully saturated rings. The summed E-state index contributed by atoms with van der Waals surface area (Å²) in [6, 6.07) is 0. The van der Waals surface area contributed by atoms with Crippen molar-refractivity contribution in [3.8, 4) is 0 Å². The number of aryl methyl sites for hydroxylation is 1. The SMILES string of the molecule is CC(C)(CCCCn1cc(S(C)(=O)=O)cn1)C(=O)O. The fourth-order valence-electron chi connectivity index (χ4n) is 1.61. The molecule has 1 aromatic rings. The summed E-state index contributed by atoms with van der Waals surface area (Å²) in [5.41, 5.74) is -0.720. The van der Waals surface area contributed by atoms with Crippen LogP contribution in [-0.2, 0) is 21.2 Å². The summed E-state index contributed by atoms with van der Waals surface area (Å²) in [6.07, 6.45) is 6.08. The number of carbonyl (C=O) groups is 1. The van der Waals surface area contributed by atoms with E-state index in [1.807, 2.05) is 0 Å². The Balaban J connectivity index is 2.43. The lowest BCUT2D eigenvalue weighted by Crippen LogP contribution is -2.23. The van der Waals surface area contributed by atoms with Gasteiger partial charge in [0.05, 0.1) is 11.6 Å². The van der Waals surface area contributed by atoms with Gasteiger partial charge in [-0.2, -0.15) is 5.10 Å². The third-order valence-electron chi connectivity index (χ3n) is 3.06. The minimum atomic E-state index is -3.21. The van der Waals surface area contributed by atoms with Gasteiger partial charge in [-0.05, 0) is 26.7 Å². The number of hydrogen-bond acceptors (Lipinski definition) is 4. The van der Waals surface area contributed by atoms with Gasteiger partial charge in [0, 0.05) is 19.0 Å². The number of carboxylic acid groups (broad SMARTS) is 1. The zero-order chi connectivity index (χ0) is 14.7. The largest absolute Gasteiger partial charge is 0.481 e. The zero-order valence-corrected chi connectivity index (χ0v) is 12.3. The molecular formula is C12H20N2O4S. The Bertz CT molecular complexity index is 546. The van der Waals surface area contributed by atoms with E-state index in [4.69, 9.17) is 5.11 Å². The molecule has 1 rings (SSSR count). The molecule has 0 bridgehead atoms. The second-order valence-corrected chi connectivity index (χ2v) is 7.37. The Morgan fingerprint density at radius 2 is 2.05 bits per heavy atom. The number of unbranched alkanes of at least 4 members (excludes halogenated alkanes) is 1. The smallest absolute Gasteiger partial charge is 0.309 e. The van der Waals surface area contributed by atoms with E-state index in [0.29, 0.717) is 13.0 Å². The van der Waals surface area contributed by atoms with E-state index in [2.05, 4.69) is 5.10 Å². The second kappa shape index (κ2) is 5.73. The fraction of sp³-hybridized carbons (Fsp3) is 0.667. The molecule has 0 unspecified atom stereocenters. The molecule has 1 heterocycles. The molecule has 0 saturated carbocycles. The number of nitrogens with zero attached hydrogens (tertiary/aromatic N) is 2. The van der Waals surface area contributed by atoms with Crippen LogP contribution in [0, 0.1) is 5.41 Å². The minimum Gasteiger partial charge on any atom is -0.481 e. The van der Waals surface area contributed by atoms with Crippen LogP contribution in [0.3, 0.4) is 0 Å². The van der Waals surface area contributed by atoms with Crippen LogP contribution in [0.15, 0.2) is 17.3 Å². The average Bonchev–Trinajstić information content (AvgIpc) is 2.72. The van der Waals surface area contributed by atoms with E-state index < -0.39 is 21.2 Å². The van der Waals surface area contributed by atoms with Crippen LogP contribution in [0.4, 0.5) is 0 Å². The Morgan fingerprint density at radius 3 is 2.53 bits per heavy atom. The molecule has 0 aliphatic carbocycles. The highest BCUT2D eigenvalue weighted by atomic mass is 32.2. The molecule has 0 saturated heterocycles. The maximum absolute atomic E-state index is 11.3. The van der Waals surface area contributed by atoms with E-state index in [9.17, 15) is 13.2 Å². The van der Waals surface area contributed by atoms with Crippen LogP contribution in [0.2, 0.25) is 0 Å². The molecule has 1 aromatic heterocycles. The van der Waals surface area contributed by atoms with E-state index in [-0.39, 0.29) is 4.90 Å². The quantitative estimate of drug-likeness (QED) is 0.769. The number of rotatable bonds is 7. The minimum absolute atomic E-state index is 0.207. The third kappa shape index (κ3) is 4.66. The van der Waals surface area contributed by atoms with Crippen molar-refractivity contribution in [2.45, 2.75) is 44.6 Å². The number of hydrogen-bond donors (Lipinski definition) is 1. The van der Waals surface area contributed by atoms with Crippen molar-refractivity contribution >= 4 is 15.8 Å². The fourth-order valence-corrected chi connectivity index (χ4v) is 2.16. The summed E-state index contributed by atoms with van der Waals surface area (Å²) >= 11 is 0. The van der Waals surface area contributed by atoms with Crippen molar-refractivity contribution in [2.24, 2.45) is 5.41 Å². The highest BCUT2D eigenvalue weighted by Gasteiger charge is 2.25. The molecule has 0 atom stereocenters. The van der Waals surface area contributed by atoms with Crippen LogP contribution in [0.5, 0.6) is 0 Å². The van der Waals surface area contributed by atoms with E-state index in [0.717, 1.165) is 19.1 Å². The topological polar surface area (TPSA) is 89.3 Å². The van der Waals surface area contributed by atoms with Gasteiger partial charge in [0.25, 0.3) is 0 Å². The lowest BCUT2D eigenvalue weighted by atomic mass is 9.87. The van der Waals surface area contributed by atoms with Crippen LogP contribution in [0.25, 0.3) is 0 Å². The lowest BCUT2D eigenvalue weighted by molar-refractivity contribution is -0.147. The van der Waals surface area contributed by atoms with Crippen LogP contribution >= 0.6 is 0 Å². The molecule has 0 aromatic carbocycles. The molecule has 7 heteroatoms. The summed E-state index contributed by atoms with van der Waals surface area (Å²) in [5, 5.41) is 12.9. The Labute approximate surface area is 113 Å². The Morgan fingerprint density at radius 1 is 1.42 bits per heavy atom. The van der Waals surface area contributed by atoms with Gasteiger partial charge in [-0.3, -0.25) is 9.48 Å². The highest BCUT2D eigenvalue weighted by molar-refractivity contribution is 7.90. The van der Waals surface area contributed by atoms with Crippen molar-refractivity contribution in [1.29, 1.82) is 0 Å². The predicted molar refractivity (Wildman–Crippen MR) is 70.6 cm³/mol. The molecule has 19 heavy (non-hydrogen) atoms. The molecular weight excluding hydrogens is 268 g/mol. The first kappa shape index (κ1) is 15.7. The van der Waals surface area contributed by atoms with Gasteiger partial charge in [-0.1, -0.05) is 6.42 Å². The standard InChI is InChI=1S/C12H20N2O4S/c1-12(2,11(15)16)6-4-5-7-14-9-10(8-13-14)19(3,17)18/h8-9H,4-7H2,1-3H3,(H,15,16). The summed E-state index contributed by atoms with van der Waals surface area (Å²) in [5.74, 6) is -0.800. The predicted octanol–water partition coefficient (Wildman–Crippen LogP) is 1.57. The number of sulfone groups is 1. The van der Waals surface area contributed by atoms with E-state index >= 15 is 0 Å². The maximum Gasteiger partial charge on any atom is 0.309 e.